The van der Waals surface area contributed by atoms with Crippen molar-refractivity contribution in [1.82, 2.24) is 24.7 Å². The molecule has 0 radical (unpaired) electrons. The summed E-state index contributed by atoms with van der Waals surface area (Å²) in [5, 5.41) is 7.29. The van der Waals surface area contributed by atoms with E-state index in [0.717, 1.165) is 16.6 Å². The van der Waals surface area contributed by atoms with Crippen LogP contribution < -0.4 is 5.32 Å². The number of benzene rings is 1. The average Bonchev–Trinajstić information content (AvgIpc) is 3.02. The minimum absolute atomic E-state index is 0.483. The Balaban J connectivity index is 2.14. The van der Waals surface area contributed by atoms with Gasteiger partial charge in [-0.1, -0.05) is 34.1 Å². The van der Waals surface area contributed by atoms with Crippen molar-refractivity contribution in [2.45, 2.75) is 6.92 Å². The number of halogens is 1. The predicted octanol–water partition coefficient (Wildman–Crippen LogP) is 2.92. The van der Waals surface area contributed by atoms with Crippen LogP contribution in [0, 0.1) is 0 Å². The molecular formula is C14H13BrN6. The molecule has 0 aliphatic heterocycles. The zero-order chi connectivity index (χ0) is 14.7. The van der Waals surface area contributed by atoms with E-state index in [1.807, 2.05) is 37.3 Å². The fourth-order valence-electron chi connectivity index (χ4n) is 1.85. The first-order chi connectivity index (χ1) is 10.3. The molecule has 0 unspecified atom stereocenters. The van der Waals surface area contributed by atoms with Crippen molar-refractivity contribution in [1.29, 1.82) is 0 Å². The molecule has 0 aliphatic carbocycles. The zero-order valence-corrected chi connectivity index (χ0v) is 12.9. The molecule has 2 aromatic heterocycles. The molecule has 7 heteroatoms. The summed E-state index contributed by atoms with van der Waals surface area (Å²) in [6.07, 6.45) is 3.49. The summed E-state index contributed by atoms with van der Waals surface area (Å²) < 4.78 is 2.55. The van der Waals surface area contributed by atoms with E-state index < -0.39 is 0 Å². The lowest BCUT2D eigenvalue weighted by Crippen LogP contribution is -2.10. The molecule has 1 aromatic carbocycles. The van der Waals surface area contributed by atoms with Gasteiger partial charge in [0.15, 0.2) is 5.82 Å². The Morgan fingerprint density at radius 1 is 1.14 bits per heavy atom. The molecule has 106 valence electrons. The fourth-order valence-corrected chi connectivity index (χ4v) is 2.32. The van der Waals surface area contributed by atoms with Gasteiger partial charge in [-0.05, 0) is 19.1 Å². The molecule has 3 rings (SSSR count). The van der Waals surface area contributed by atoms with Crippen molar-refractivity contribution < 1.29 is 0 Å². The zero-order valence-electron chi connectivity index (χ0n) is 11.4. The largest absolute Gasteiger partial charge is 0.354 e. The van der Waals surface area contributed by atoms with Crippen LogP contribution in [-0.4, -0.2) is 31.3 Å². The maximum atomic E-state index is 4.50. The molecule has 0 spiro atoms. The van der Waals surface area contributed by atoms with Crippen molar-refractivity contribution in [3.05, 3.63) is 47.2 Å². The van der Waals surface area contributed by atoms with Crippen LogP contribution in [0.25, 0.3) is 17.3 Å². The van der Waals surface area contributed by atoms with Crippen molar-refractivity contribution >= 4 is 21.9 Å². The van der Waals surface area contributed by atoms with Gasteiger partial charge in [0.2, 0.25) is 5.95 Å². The second-order valence-electron chi connectivity index (χ2n) is 4.24. The van der Waals surface area contributed by atoms with Crippen molar-refractivity contribution in [2.75, 3.05) is 11.9 Å². The molecule has 6 nitrogen and oxygen atoms in total. The molecule has 0 fully saturated rings. The van der Waals surface area contributed by atoms with Gasteiger partial charge in [-0.2, -0.15) is 20.1 Å². The summed E-state index contributed by atoms with van der Waals surface area (Å²) in [4.78, 5) is 13.3. The van der Waals surface area contributed by atoms with Crippen molar-refractivity contribution in [2.24, 2.45) is 0 Å². The number of aromatic nitrogens is 5. The minimum atomic E-state index is 0.483. The Bertz CT molecular complexity index is 741. The molecular weight excluding hydrogens is 332 g/mol. The van der Waals surface area contributed by atoms with E-state index in [-0.39, 0.29) is 0 Å². The van der Waals surface area contributed by atoms with Gasteiger partial charge in [-0.15, -0.1) is 0 Å². The van der Waals surface area contributed by atoms with Gasteiger partial charge in [-0.25, -0.2) is 4.68 Å². The lowest BCUT2D eigenvalue weighted by Gasteiger charge is -2.08. The number of nitrogens with one attached hydrogen (secondary N) is 1. The number of nitrogens with zero attached hydrogens (tertiary/aromatic N) is 5. The lowest BCUT2D eigenvalue weighted by atomic mass is 10.2. The lowest BCUT2D eigenvalue weighted by molar-refractivity contribution is 0.798. The normalized spacial score (nSPS) is 10.6. The number of hydrogen-bond acceptors (Lipinski definition) is 5. The molecule has 2 heterocycles. The molecule has 0 aliphatic rings. The molecule has 3 aromatic rings. The number of anilines is 1. The predicted molar refractivity (Wildman–Crippen MR) is 84.2 cm³/mol. The van der Waals surface area contributed by atoms with Crippen LogP contribution in [0.4, 0.5) is 5.95 Å². The van der Waals surface area contributed by atoms with E-state index in [1.54, 1.807) is 17.1 Å². The average molecular weight is 345 g/mol. The van der Waals surface area contributed by atoms with Gasteiger partial charge in [0.05, 0.1) is 0 Å². The fraction of sp³-hybridized carbons (Fsp3) is 0.143. The van der Waals surface area contributed by atoms with E-state index in [2.05, 4.69) is 41.3 Å². The Morgan fingerprint density at radius 2 is 2.00 bits per heavy atom. The SMILES string of the molecule is CCNc1nc(-c2ccccc2Br)nc(-n2cccn2)n1. The quantitative estimate of drug-likeness (QED) is 0.787. The Kier molecular flexibility index (Phi) is 3.92. The van der Waals surface area contributed by atoms with Gasteiger partial charge in [-0.3, -0.25) is 0 Å². The third kappa shape index (κ3) is 2.92. The second-order valence-corrected chi connectivity index (χ2v) is 5.10. The first-order valence-corrected chi connectivity index (χ1v) is 7.32. The molecule has 0 amide bonds. The highest BCUT2D eigenvalue weighted by Crippen LogP contribution is 2.26. The highest BCUT2D eigenvalue weighted by molar-refractivity contribution is 9.10. The van der Waals surface area contributed by atoms with Crippen LogP contribution in [0.5, 0.6) is 0 Å². The van der Waals surface area contributed by atoms with E-state index >= 15 is 0 Å². The van der Waals surface area contributed by atoms with Crippen LogP contribution in [0.2, 0.25) is 0 Å². The molecule has 0 saturated carbocycles. The van der Waals surface area contributed by atoms with E-state index in [1.165, 1.54) is 0 Å². The smallest absolute Gasteiger partial charge is 0.255 e. The highest BCUT2D eigenvalue weighted by atomic mass is 79.9. The van der Waals surface area contributed by atoms with Crippen LogP contribution >= 0.6 is 15.9 Å². The summed E-state index contributed by atoms with van der Waals surface area (Å²) in [7, 11) is 0. The first-order valence-electron chi connectivity index (χ1n) is 6.53. The summed E-state index contributed by atoms with van der Waals surface area (Å²) in [6.45, 7) is 2.73. The summed E-state index contributed by atoms with van der Waals surface area (Å²) >= 11 is 3.53. The van der Waals surface area contributed by atoms with Crippen LogP contribution in [0.3, 0.4) is 0 Å². The monoisotopic (exact) mass is 344 g/mol. The maximum absolute atomic E-state index is 4.50. The molecule has 21 heavy (non-hydrogen) atoms. The third-order valence-electron chi connectivity index (χ3n) is 2.78. The summed E-state index contributed by atoms with van der Waals surface area (Å²) in [5.74, 6) is 1.61. The van der Waals surface area contributed by atoms with Crippen molar-refractivity contribution in [3.8, 4) is 17.3 Å². The molecule has 1 N–H and O–H groups in total. The molecule has 0 saturated heterocycles. The topological polar surface area (TPSA) is 68.5 Å². The Labute approximate surface area is 130 Å². The number of hydrogen-bond donors (Lipinski definition) is 1. The van der Waals surface area contributed by atoms with Gasteiger partial charge < -0.3 is 5.32 Å². The molecule has 0 bridgehead atoms. The highest BCUT2D eigenvalue weighted by Gasteiger charge is 2.11. The van der Waals surface area contributed by atoms with Gasteiger partial charge in [0.1, 0.15) is 0 Å². The van der Waals surface area contributed by atoms with Gasteiger partial charge in [0.25, 0.3) is 5.95 Å². The van der Waals surface area contributed by atoms with E-state index in [9.17, 15) is 0 Å². The molecule has 0 atom stereocenters. The Hall–Kier alpha value is -2.28. The minimum Gasteiger partial charge on any atom is -0.354 e. The third-order valence-corrected chi connectivity index (χ3v) is 3.47. The standard InChI is InChI=1S/C14H13BrN6/c1-2-16-13-18-12(10-6-3-4-7-11(10)15)19-14(20-13)21-9-5-8-17-21/h3-9H,2H2,1H3,(H,16,18,19,20). The van der Waals surface area contributed by atoms with Gasteiger partial charge >= 0.3 is 0 Å². The van der Waals surface area contributed by atoms with E-state index in [0.29, 0.717) is 17.7 Å². The first kappa shape index (κ1) is 13.7. The summed E-state index contributed by atoms with van der Waals surface area (Å²) in [5.41, 5.74) is 0.910. The second kappa shape index (κ2) is 6.01. The summed E-state index contributed by atoms with van der Waals surface area (Å²) in [6, 6.07) is 9.65. The van der Waals surface area contributed by atoms with Crippen LogP contribution in [-0.2, 0) is 0 Å². The number of rotatable bonds is 4. The van der Waals surface area contributed by atoms with Gasteiger partial charge in [0, 0.05) is 29.0 Å². The van der Waals surface area contributed by atoms with Crippen LogP contribution in [0.15, 0.2) is 47.2 Å². The van der Waals surface area contributed by atoms with Crippen molar-refractivity contribution in [3.63, 3.8) is 0 Å². The van der Waals surface area contributed by atoms with Crippen LogP contribution in [0.1, 0.15) is 6.92 Å². The van der Waals surface area contributed by atoms with E-state index in [4.69, 9.17) is 0 Å². The maximum Gasteiger partial charge on any atom is 0.255 e. The Morgan fingerprint density at radius 3 is 2.71 bits per heavy atom.